The van der Waals surface area contributed by atoms with Crippen LogP contribution in [-0.2, 0) is 15.8 Å². The molecule has 30 heavy (non-hydrogen) atoms. The van der Waals surface area contributed by atoms with Gasteiger partial charge in [-0.05, 0) is 29.8 Å². The largest absolute Gasteiger partial charge is 0.455 e. The Hall–Kier alpha value is -1.60. The van der Waals surface area contributed by atoms with Gasteiger partial charge in [0.05, 0.1) is 18.1 Å². The van der Waals surface area contributed by atoms with Crippen LogP contribution in [-0.4, -0.2) is 71.0 Å². The summed E-state index contributed by atoms with van der Waals surface area (Å²) in [5, 5.41) is 50.6. The average Bonchev–Trinajstić information content (AvgIpc) is 2.66. The number of benzene rings is 1. The Kier molecular flexibility index (Phi) is 7.62. The maximum Gasteiger partial charge on any atom is 0.311 e. The fourth-order valence-corrected chi connectivity index (χ4v) is 3.63. The minimum Gasteiger partial charge on any atom is -0.455 e. The molecule has 11 heteroatoms. The minimum atomic E-state index is -2.05. The predicted molar refractivity (Wildman–Crippen MR) is 109 cm³/mol. The lowest BCUT2D eigenvalue weighted by molar-refractivity contribution is -0.387. The quantitative estimate of drug-likeness (QED) is 0.276. The second-order valence-corrected chi connectivity index (χ2v) is 13.7. The van der Waals surface area contributed by atoms with Crippen LogP contribution < -0.4 is 4.74 Å². The lowest BCUT2D eigenvalue weighted by Crippen LogP contribution is -2.60. The van der Waals surface area contributed by atoms with Gasteiger partial charge in [0.15, 0.2) is 14.1 Å². The molecule has 5 atom stereocenters. The maximum atomic E-state index is 11.6. The van der Waals surface area contributed by atoms with Gasteiger partial charge in [0.25, 0.3) is 0 Å². The Labute approximate surface area is 176 Å². The standard InChI is InChI=1S/C19H31NO9Si/c1-19(2,3)30(4,5)27-10-11-6-7-13(12(8-11)20(25)26)28-18-17(24)16(23)15(22)14(9-21)29-18/h6-8,14-18,21-24H,9-10H2,1-5H3/t14-,15-,16+,17-,18-/m1/s1. The molecule has 4 N–H and O–H groups in total. The highest BCUT2D eigenvalue weighted by Gasteiger charge is 2.45. The van der Waals surface area contributed by atoms with E-state index >= 15 is 0 Å². The van der Waals surface area contributed by atoms with Crippen LogP contribution in [0.25, 0.3) is 0 Å². The van der Waals surface area contributed by atoms with E-state index in [2.05, 4.69) is 33.9 Å². The molecule has 0 spiro atoms. The molecule has 1 saturated heterocycles. The van der Waals surface area contributed by atoms with Gasteiger partial charge in [-0.3, -0.25) is 10.1 Å². The number of ether oxygens (including phenoxy) is 2. The molecule has 0 aromatic heterocycles. The van der Waals surface area contributed by atoms with Crippen molar-refractivity contribution in [2.75, 3.05) is 6.61 Å². The van der Waals surface area contributed by atoms with Crippen molar-refractivity contribution >= 4 is 14.0 Å². The summed E-state index contributed by atoms with van der Waals surface area (Å²) in [4.78, 5) is 10.9. The maximum absolute atomic E-state index is 11.6. The summed E-state index contributed by atoms with van der Waals surface area (Å²) in [5.41, 5.74) is 0.232. The van der Waals surface area contributed by atoms with Gasteiger partial charge in [-0.1, -0.05) is 26.8 Å². The van der Waals surface area contributed by atoms with Gasteiger partial charge < -0.3 is 34.3 Å². The molecule has 1 heterocycles. The van der Waals surface area contributed by atoms with Gasteiger partial charge in [0.1, 0.15) is 24.4 Å². The number of nitrogens with zero attached hydrogens (tertiary/aromatic N) is 1. The number of hydrogen-bond acceptors (Lipinski definition) is 9. The molecule has 2 rings (SSSR count). The highest BCUT2D eigenvalue weighted by molar-refractivity contribution is 6.74. The normalized spacial score (nSPS) is 27.7. The van der Waals surface area contributed by atoms with E-state index < -0.39 is 50.6 Å². The molecule has 0 saturated carbocycles. The summed E-state index contributed by atoms with van der Waals surface area (Å²) in [5.74, 6) is -0.180. The van der Waals surface area contributed by atoms with Crippen LogP contribution in [0.3, 0.4) is 0 Å². The summed E-state index contributed by atoms with van der Waals surface area (Å²) < 4.78 is 16.8. The van der Waals surface area contributed by atoms with Crippen LogP contribution in [0.2, 0.25) is 18.1 Å². The van der Waals surface area contributed by atoms with E-state index in [1.54, 1.807) is 6.07 Å². The van der Waals surface area contributed by atoms with E-state index in [1.165, 1.54) is 12.1 Å². The van der Waals surface area contributed by atoms with Gasteiger partial charge in [0.2, 0.25) is 6.29 Å². The van der Waals surface area contributed by atoms with Crippen LogP contribution in [0.4, 0.5) is 5.69 Å². The molecule has 0 radical (unpaired) electrons. The van der Waals surface area contributed by atoms with Gasteiger partial charge in [-0.2, -0.15) is 0 Å². The highest BCUT2D eigenvalue weighted by atomic mass is 28.4. The van der Waals surface area contributed by atoms with Gasteiger partial charge in [-0.25, -0.2) is 0 Å². The Morgan fingerprint density at radius 1 is 1.17 bits per heavy atom. The van der Waals surface area contributed by atoms with Crippen molar-refractivity contribution in [3.8, 4) is 5.75 Å². The van der Waals surface area contributed by atoms with E-state index in [4.69, 9.17) is 13.9 Å². The molecule has 0 unspecified atom stereocenters. The van der Waals surface area contributed by atoms with Crippen molar-refractivity contribution in [3.63, 3.8) is 0 Å². The first-order chi connectivity index (χ1) is 13.8. The fourth-order valence-electron chi connectivity index (χ4n) is 2.67. The van der Waals surface area contributed by atoms with Crippen molar-refractivity contribution in [2.24, 2.45) is 0 Å². The molecular formula is C19H31NO9Si. The Morgan fingerprint density at radius 2 is 1.80 bits per heavy atom. The van der Waals surface area contributed by atoms with E-state index in [0.29, 0.717) is 5.56 Å². The third-order valence-electron chi connectivity index (χ3n) is 5.72. The van der Waals surface area contributed by atoms with Crippen LogP contribution in [0, 0.1) is 10.1 Å². The molecule has 1 aliphatic heterocycles. The smallest absolute Gasteiger partial charge is 0.311 e. The zero-order valence-corrected chi connectivity index (χ0v) is 18.8. The number of aliphatic hydroxyl groups excluding tert-OH is 4. The number of aliphatic hydroxyl groups is 4. The van der Waals surface area contributed by atoms with E-state index in [0.717, 1.165) is 0 Å². The second kappa shape index (κ2) is 9.26. The van der Waals surface area contributed by atoms with Crippen LogP contribution in [0.15, 0.2) is 18.2 Å². The van der Waals surface area contributed by atoms with Crippen molar-refractivity contribution in [1.82, 2.24) is 0 Å². The molecule has 1 aromatic carbocycles. The van der Waals surface area contributed by atoms with E-state index in [1.807, 2.05) is 0 Å². The third-order valence-corrected chi connectivity index (χ3v) is 10.2. The first-order valence-electron chi connectivity index (χ1n) is 9.67. The number of nitro benzene ring substituents is 1. The third kappa shape index (κ3) is 5.35. The molecule has 1 aromatic rings. The summed E-state index contributed by atoms with van der Waals surface area (Å²) in [6.45, 7) is 10.0. The SMILES string of the molecule is CC(C)(C)[Si](C)(C)OCc1ccc(O[C@@H]2O[C@H](CO)[C@@H](O)[C@H](O)[C@H]2O)c([N+](=O)[O-])c1. The fraction of sp³-hybridized carbons (Fsp3) is 0.684. The molecular weight excluding hydrogens is 414 g/mol. The number of rotatable bonds is 7. The van der Waals surface area contributed by atoms with Crippen molar-refractivity contribution < 1.29 is 39.2 Å². The lowest BCUT2D eigenvalue weighted by atomic mass is 9.99. The van der Waals surface area contributed by atoms with Gasteiger partial charge >= 0.3 is 5.69 Å². The second-order valence-electron chi connectivity index (χ2n) is 8.92. The Morgan fingerprint density at radius 3 is 2.33 bits per heavy atom. The Balaban J connectivity index is 2.20. The summed E-state index contributed by atoms with van der Waals surface area (Å²) in [6.07, 6.45) is -7.53. The van der Waals surface area contributed by atoms with Crippen LogP contribution in [0.5, 0.6) is 5.75 Å². The lowest BCUT2D eigenvalue weighted by Gasteiger charge is -2.39. The topological polar surface area (TPSA) is 152 Å². The van der Waals surface area contributed by atoms with Crippen LogP contribution in [0.1, 0.15) is 26.3 Å². The zero-order chi connectivity index (χ0) is 22.9. The first-order valence-corrected chi connectivity index (χ1v) is 12.6. The summed E-state index contributed by atoms with van der Waals surface area (Å²) >= 11 is 0. The van der Waals surface area contributed by atoms with Gasteiger partial charge in [-0.15, -0.1) is 0 Å². The molecule has 1 fully saturated rings. The minimum absolute atomic E-state index is 0.00884. The number of nitro groups is 1. The molecule has 170 valence electrons. The summed E-state index contributed by atoms with van der Waals surface area (Å²) in [6, 6.07) is 4.30. The first kappa shape index (κ1) is 24.7. The highest BCUT2D eigenvalue weighted by Crippen LogP contribution is 2.38. The van der Waals surface area contributed by atoms with E-state index in [9.17, 15) is 30.5 Å². The zero-order valence-electron chi connectivity index (χ0n) is 17.8. The predicted octanol–water partition coefficient (Wildman–Crippen LogP) is 1.30. The van der Waals surface area contributed by atoms with Gasteiger partial charge in [0, 0.05) is 6.07 Å². The number of hydrogen-bond donors (Lipinski definition) is 4. The van der Waals surface area contributed by atoms with Crippen molar-refractivity contribution in [3.05, 3.63) is 33.9 Å². The molecule has 10 nitrogen and oxygen atoms in total. The summed E-state index contributed by atoms with van der Waals surface area (Å²) in [7, 11) is -2.05. The van der Waals surface area contributed by atoms with E-state index in [-0.39, 0.29) is 23.1 Å². The Bertz CT molecular complexity index is 750. The monoisotopic (exact) mass is 445 g/mol. The molecule has 0 aliphatic carbocycles. The van der Waals surface area contributed by atoms with Crippen molar-refractivity contribution in [2.45, 2.75) is 76.2 Å². The molecule has 0 amide bonds. The van der Waals surface area contributed by atoms with Crippen molar-refractivity contribution in [1.29, 1.82) is 0 Å². The average molecular weight is 446 g/mol. The molecule has 0 bridgehead atoms. The van der Waals surface area contributed by atoms with Crippen LogP contribution >= 0.6 is 0 Å². The molecule has 1 aliphatic rings.